The van der Waals surface area contributed by atoms with Crippen molar-refractivity contribution in [3.63, 3.8) is 0 Å². The minimum atomic E-state index is -1.16. The SMILES string of the molecule is NC(=O)C1(c2ccc(Cl)c(NC(=O)c3ccc(F)cc3)c2)C=CC(N2CCNCC2)=NC1. The van der Waals surface area contributed by atoms with Gasteiger partial charge in [0, 0.05) is 31.7 Å². The van der Waals surface area contributed by atoms with Crippen molar-refractivity contribution in [3.05, 3.63) is 76.6 Å². The zero-order valence-electron chi connectivity index (χ0n) is 17.3. The quantitative estimate of drug-likeness (QED) is 0.658. The van der Waals surface area contributed by atoms with Crippen LogP contribution in [0.4, 0.5) is 10.1 Å². The fourth-order valence-electron chi connectivity index (χ4n) is 3.81. The molecule has 2 aliphatic heterocycles. The van der Waals surface area contributed by atoms with Crippen LogP contribution in [-0.2, 0) is 10.2 Å². The molecule has 1 unspecified atom stereocenters. The molecule has 0 saturated carbocycles. The first-order valence-electron chi connectivity index (χ1n) is 10.3. The Bertz CT molecular complexity index is 1100. The van der Waals surface area contributed by atoms with E-state index in [-0.39, 0.29) is 12.1 Å². The molecule has 2 amide bonds. The minimum Gasteiger partial charge on any atom is -0.369 e. The summed E-state index contributed by atoms with van der Waals surface area (Å²) in [5, 5.41) is 6.32. The summed E-state index contributed by atoms with van der Waals surface area (Å²) in [5.74, 6) is -0.609. The number of amides is 2. The first kappa shape index (κ1) is 22.0. The molecule has 166 valence electrons. The molecule has 0 aromatic heterocycles. The molecule has 1 saturated heterocycles. The molecule has 0 spiro atoms. The van der Waals surface area contributed by atoms with E-state index in [1.165, 1.54) is 24.3 Å². The standard InChI is InChI=1S/C23H23ClFN5O2/c24-18-6-3-16(13-19(18)29-21(31)15-1-4-17(25)5-2-15)23(22(26)32)8-7-20(28-14-23)30-11-9-27-10-12-30/h1-8,13,27H,9-12,14H2,(H2,26,32)(H,29,31). The van der Waals surface area contributed by atoms with Crippen molar-refractivity contribution in [1.29, 1.82) is 0 Å². The van der Waals surface area contributed by atoms with E-state index in [2.05, 4.69) is 20.5 Å². The fourth-order valence-corrected chi connectivity index (χ4v) is 3.98. The number of nitrogens with two attached hydrogens (primary N) is 1. The third-order valence-corrected chi connectivity index (χ3v) is 6.05. The molecular weight excluding hydrogens is 433 g/mol. The Morgan fingerprint density at radius 2 is 1.88 bits per heavy atom. The zero-order valence-corrected chi connectivity index (χ0v) is 18.0. The molecule has 2 heterocycles. The number of anilines is 1. The van der Waals surface area contributed by atoms with Gasteiger partial charge in [-0.15, -0.1) is 0 Å². The molecule has 0 radical (unpaired) electrons. The summed E-state index contributed by atoms with van der Waals surface area (Å²) in [7, 11) is 0. The van der Waals surface area contributed by atoms with Crippen LogP contribution < -0.4 is 16.4 Å². The van der Waals surface area contributed by atoms with Crippen LogP contribution in [0.3, 0.4) is 0 Å². The van der Waals surface area contributed by atoms with Crippen molar-refractivity contribution in [2.45, 2.75) is 5.41 Å². The van der Waals surface area contributed by atoms with Crippen molar-refractivity contribution >= 4 is 34.9 Å². The van der Waals surface area contributed by atoms with Gasteiger partial charge in [0.15, 0.2) is 0 Å². The van der Waals surface area contributed by atoms with Gasteiger partial charge < -0.3 is 21.3 Å². The highest BCUT2D eigenvalue weighted by atomic mass is 35.5. The van der Waals surface area contributed by atoms with Crippen LogP contribution in [0.15, 0.2) is 59.6 Å². The lowest BCUT2D eigenvalue weighted by molar-refractivity contribution is -0.121. The van der Waals surface area contributed by atoms with Crippen LogP contribution in [0.25, 0.3) is 0 Å². The summed E-state index contributed by atoms with van der Waals surface area (Å²) in [4.78, 5) is 31.9. The number of aliphatic imine (C=N–C) groups is 1. The van der Waals surface area contributed by atoms with Crippen LogP contribution in [0.2, 0.25) is 5.02 Å². The number of dihydropyridines is 1. The molecule has 4 rings (SSSR count). The van der Waals surface area contributed by atoms with Gasteiger partial charge in [-0.05, 0) is 48.0 Å². The number of amidine groups is 1. The molecule has 2 aromatic carbocycles. The van der Waals surface area contributed by atoms with Crippen molar-refractivity contribution in [2.75, 3.05) is 38.0 Å². The predicted octanol–water partition coefficient (Wildman–Crippen LogP) is 2.33. The fraction of sp³-hybridized carbons (Fsp3) is 0.261. The van der Waals surface area contributed by atoms with Crippen molar-refractivity contribution < 1.29 is 14.0 Å². The van der Waals surface area contributed by atoms with E-state index in [0.29, 0.717) is 16.3 Å². The molecule has 2 aromatic rings. The predicted molar refractivity (Wildman–Crippen MR) is 123 cm³/mol. The summed E-state index contributed by atoms with van der Waals surface area (Å²) in [5.41, 5.74) is 5.83. The Balaban J connectivity index is 1.59. The number of hydrogen-bond acceptors (Lipinski definition) is 5. The molecule has 9 heteroatoms. The Morgan fingerprint density at radius 3 is 2.50 bits per heavy atom. The maximum Gasteiger partial charge on any atom is 0.255 e. The van der Waals surface area contributed by atoms with E-state index in [0.717, 1.165) is 32.0 Å². The van der Waals surface area contributed by atoms with Crippen LogP contribution in [-0.4, -0.2) is 55.3 Å². The van der Waals surface area contributed by atoms with Gasteiger partial charge in [-0.1, -0.05) is 23.7 Å². The molecule has 0 bridgehead atoms. The smallest absolute Gasteiger partial charge is 0.255 e. The third-order valence-electron chi connectivity index (χ3n) is 5.72. The van der Waals surface area contributed by atoms with E-state index in [1.807, 2.05) is 6.08 Å². The van der Waals surface area contributed by atoms with E-state index in [9.17, 15) is 14.0 Å². The van der Waals surface area contributed by atoms with Crippen molar-refractivity contribution in [2.24, 2.45) is 10.7 Å². The molecule has 1 atom stereocenters. The number of nitrogens with zero attached hydrogens (tertiary/aromatic N) is 2. The van der Waals surface area contributed by atoms with Crippen LogP contribution in [0.5, 0.6) is 0 Å². The summed E-state index contributed by atoms with van der Waals surface area (Å²) in [6.07, 6.45) is 3.60. The molecule has 7 nitrogen and oxygen atoms in total. The average molecular weight is 456 g/mol. The highest BCUT2D eigenvalue weighted by Gasteiger charge is 2.39. The Labute approximate surface area is 190 Å². The maximum atomic E-state index is 13.1. The van der Waals surface area contributed by atoms with E-state index in [4.69, 9.17) is 17.3 Å². The third kappa shape index (κ3) is 4.37. The Morgan fingerprint density at radius 1 is 1.16 bits per heavy atom. The first-order valence-corrected chi connectivity index (χ1v) is 10.6. The largest absolute Gasteiger partial charge is 0.369 e. The number of piperazine rings is 1. The minimum absolute atomic E-state index is 0.158. The summed E-state index contributed by atoms with van der Waals surface area (Å²) in [6, 6.07) is 10.1. The number of nitrogens with one attached hydrogen (secondary N) is 2. The average Bonchev–Trinajstić information content (AvgIpc) is 2.81. The number of rotatable bonds is 4. The molecule has 0 aliphatic carbocycles. The van der Waals surface area contributed by atoms with Gasteiger partial charge in [0.05, 0.1) is 17.3 Å². The Kier molecular flexibility index (Phi) is 6.25. The molecule has 2 aliphatic rings. The summed E-state index contributed by atoms with van der Waals surface area (Å²) < 4.78 is 13.1. The molecule has 32 heavy (non-hydrogen) atoms. The van der Waals surface area contributed by atoms with Crippen LogP contribution >= 0.6 is 11.6 Å². The van der Waals surface area contributed by atoms with Gasteiger partial charge in [0.1, 0.15) is 17.1 Å². The lowest BCUT2D eigenvalue weighted by Gasteiger charge is -2.34. The molecular formula is C23H23ClFN5O2. The van der Waals surface area contributed by atoms with Crippen molar-refractivity contribution in [1.82, 2.24) is 10.2 Å². The normalized spacial score (nSPS) is 20.6. The Hall–Kier alpha value is -3.23. The summed E-state index contributed by atoms with van der Waals surface area (Å²) in [6.45, 7) is 3.59. The number of benzene rings is 2. The second-order valence-corrected chi connectivity index (χ2v) is 8.14. The maximum absolute atomic E-state index is 13.1. The van der Waals surface area contributed by atoms with Gasteiger partial charge in [-0.3, -0.25) is 14.6 Å². The number of carbonyl (C=O) groups is 2. The van der Waals surface area contributed by atoms with Gasteiger partial charge in [-0.25, -0.2) is 4.39 Å². The lowest BCUT2D eigenvalue weighted by atomic mass is 9.78. The first-order chi connectivity index (χ1) is 15.4. The highest BCUT2D eigenvalue weighted by molar-refractivity contribution is 6.34. The highest BCUT2D eigenvalue weighted by Crippen LogP contribution is 2.34. The van der Waals surface area contributed by atoms with Gasteiger partial charge in [-0.2, -0.15) is 0 Å². The second-order valence-electron chi connectivity index (χ2n) is 7.74. The van der Waals surface area contributed by atoms with Gasteiger partial charge >= 0.3 is 0 Å². The number of halogens is 2. The monoisotopic (exact) mass is 455 g/mol. The summed E-state index contributed by atoms with van der Waals surface area (Å²) >= 11 is 6.29. The van der Waals surface area contributed by atoms with E-state index >= 15 is 0 Å². The number of primary amides is 1. The van der Waals surface area contributed by atoms with Gasteiger partial charge in [0.25, 0.3) is 5.91 Å². The van der Waals surface area contributed by atoms with Crippen LogP contribution in [0, 0.1) is 5.82 Å². The molecule has 4 N–H and O–H groups in total. The van der Waals surface area contributed by atoms with E-state index < -0.39 is 23.0 Å². The van der Waals surface area contributed by atoms with Crippen molar-refractivity contribution in [3.8, 4) is 0 Å². The lowest BCUT2D eigenvalue weighted by Crippen LogP contribution is -2.49. The number of carbonyl (C=O) groups excluding carboxylic acids is 2. The second kappa shape index (κ2) is 9.10. The zero-order chi connectivity index (χ0) is 22.7. The van der Waals surface area contributed by atoms with E-state index in [1.54, 1.807) is 24.3 Å². The van der Waals surface area contributed by atoms with Gasteiger partial charge in [0.2, 0.25) is 5.91 Å². The number of hydrogen-bond donors (Lipinski definition) is 3. The molecule has 1 fully saturated rings. The topological polar surface area (TPSA) is 99.8 Å². The van der Waals surface area contributed by atoms with Crippen LogP contribution in [0.1, 0.15) is 15.9 Å².